The third kappa shape index (κ3) is 6.02. The summed E-state index contributed by atoms with van der Waals surface area (Å²) in [7, 11) is 0. The van der Waals surface area contributed by atoms with Crippen LogP contribution in [0, 0.1) is 0 Å². The van der Waals surface area contributed by atoms with Crippen LogP contribution in [0.2, 0.25) is 0 Å². The second-order valence-electron chi connectivity index (χ2n) is 4.96. The first-order chi connectivity index (χ1) is 9.08. The van der Waals surface area contributed by atoms with Gasteiger partial charge in [0.1, 0.15) is 6.61 Å². The molecule has 0 aromatic heterocycles. The summed E-state index contributed by atoms with van der Waals surface area (Å²) in [6.07, 6.45) is 3.54. The molecule has 0 aliphatic carbocycles. The summed E-state index contributed by atoms with van der Waals surface area (Å²) in [4.78, 5) is 22.6. The Hall–Kier alpha value is -1.14. The number of rotatable bonds is 9. The van der Waals surface area contributed by atoms with Crippen molar-refractivity contribution in [3.8, 4) is 0 Å². The van der Waals surface area contributed by atoms with Crippen LogP contribution >= 0.6 is 0 Å². The lowest BCUT2D eigenvalue weighted by atomic mass is 9.94. The fourth-order valence-corrected chi connectivity index (χ4v) is 2.13. The highest BCUT2D eigenvalue weighted by Crippen LogP contribution is 2.22. The minimum atomic E-state index is -0.935. The molecule has 6 heteroatoms. The Morgan fingerprint density at radius 1 is 1.42 bits per heavy atom. The minimum Gasteiger partial charge on any atom is -0.481 e. The smallest absolute Gasteiger partial charge is 0.305 e. The quantitative estimate of drug-likeness (QED) is 0.611. The number of nitrogens with one attached hydrogen (secondary N) is 1. The molecule has 2 N–H and O–H groups in total. The van der Waals surface area contributed by atoms with Gasteiger partial charge in [0.05, 0.1) is 18.6 Å². The van der Waals surface area contributed by atoms with Gasteiger partial charge in [0.25, 0.3) is 0 Å². The average molecular weight is 273 g/mol. The third-order valence-corrected chi connectivity index (χ3v) is 3.12. The van der Waals surface area contributed by atoms with Crippen molar-refractivity contribution in [1.82, 2.24) is 5.32 Å². The van der Waals surface area contributed by atoms with E-state index < -0.39 is 11.5 Å². The molecule has 1 aliphatic rings. The van der Waals surface area contributed by atoms with Crippen molar-refractivity contribution in [3.63, 3.8) is 0 Å². The lowest BCUT2D eigenvalue weighted by Crippen LogP contribution is -2.51. The summed E-state index contributed by atoms with van der Waals surface area (Å²) in [5.74, 6) is -1.21. The van der Waals surface area contributed by atoms with E-state index in [1.807, 2.05) is 0 Å². The molecule has 0 aromatic rings. The molecule has 0 aromatic carbocycles. The van der Waals surface area contributed by atoms with E-state index in [0.717, 1.165) is 19.3 Å². The van der Waals surface area contributed by atoms with Crippen molar-refractivity contribution < 1.29 is 24.2 Å². The Balaban J connectivity index is 2.29. The van der Waals surface area contributed by atoms with Crippen molar-refractivity contribution in [2.24, 2.45) is 0 Å². The predicted octanol–water partition coefficient (Wildman–Crippen LogP) is 0.943. The van der Waals surface area contributed by atoms with Gasteiger partial charge in [0.2, 0.25) is 5.91 Å². The molecular weight excluding hydrogens is 250 g/mol. The maximum Gasteiger partial charge on any atom is 0.305 e. The highest BCUT2D eigenvalue weighted by atomic mass is 16.5. The third-order valence-electron chi connectivity index (χ3n) is 3.12. The van der Waals surface area contributed by atoms with Crippen LogP contribution in [-0.2, 0) is 19.1 Å². The van der Waals surface area contributed by atoms with Crippen LogP contribution in [0.4, 0.5) is 0 Å². The molecule has 1 saturated heterocycles. The summed E-state index contributed by atoms with van der Waals surface area (Å²) in [6.45, 7) is 3.36. The normalized spacial score (nSPS) is 22.4. The van der Waals surface area contributed by atoms with Crippen molar-refractivity contribution in [2.75, 3.05) is 26.4 Å². The van der Waals surface area contributed by atoms with E-state index in [0.29, 0.717) is 19.6 Å². The first-order valence-corrected chi connectivity index (χ1v) is 6.76. The summed E-state index contributed by atoms with van der Waals surface area (Å²) in [5, 5.41) is 11.6. The Labute approximate surface area is 113 Å². The Kier molecular flexibility index (Phi) is 6.80. The Morgan fingerprint density at radius 3 is 2.79 bits per heavy atom. The van der Waals surface area contributed by atoms with E-state index >= 15 is 0 Å². The molecule has 0 saturated carbocycles. The van der Waals surface area contributed by atoms with Gasteiger partial charge in [-0.3, -0.25) is 9.59 Å². The largest absolute Gasteiger partial charge is 0.481 e. The number of amides is 1. The van der Waals surface area contributed by atoms with Crippen LogP contribution < -0.4 is 5.32 Å². The number of hydrogen-bond donors (Lipinski definition) is 2. The van der Waals surface area contributed by atoms with Crippen molar-refractivity contribution in [2.45, 2.75) is 44.6 Å². The number of carbonyl (C=O) groups is 2. The number of aliphatic carboxylic acids is 1. The summed E-state index contributed by atoms with van der Waals surface area (Å²) in [6, 6.07) is 0. The summed E-state index contributed by atoms with van der Waals surface area (Å²) in [5.41, 5.74) is -0.768. The van der Waals surface area contributed by atoms with Crippen LogP contribution in [0.1, 0.15) is 39.0 Å². The minimum absolute atomic E-state index is 0.0227. The van der Waals surface area contributed by atoms with E-state index in [4.69, 9.17) is 14.6 Å². The first kappa shape index (κ1) is 15.9. The van der Waals surface area contributed by atoms with Crippen molar-refractivity contribution >= 4 is 11.9 Å². The van der Waals surface area contributed by atoms with E-state index in [-0.39, 0.29) is 25.5 Å². The van der Waals surface area contributed by atoms with Gasteiger partial charge in [-0.15, -0.1) is 0 Å². The number of unbranched alkanes of at least 4 members (excludes halogenated alkanes) is 2. The molecule has 1 heterocycles. The zero-order valence-electron chi connectivity index (χ0n) is 11.4. The van der Waals surface area contributed by atoms with Crippen LogP contribution in [-0.4, -0.2) is 48.9 Å². The SMILES string of the molecule is CCCCCOCC(=O)NC1(CC(=O)O)CCOC1. The molecule has 1 unspecified atom stereocenters. The first-order valence-electron chi connectivity index (χ1n) is 6.76. The summed E-state index contributed by atoms with van der Waals surface area (Å²) >= 11 is 0. The molecule has 1 amide bonds. The lowest BCUT2D eigenvalue weighted by molar-refractivity contribution is -0.139. The van der Waals surface area contributed by atoms with Gasteiger partial charge < -0.3 is 19.9 Å². The van der Waals surface area contributed by atoms with Gasteiger partial charge >= 0.3 is 5.97 Å². The molecule has 0 radical (unpaired) electrons. The van der Waals surface area contributed by atoms with Gasteiger partial charge in [-0.25, -0.2) is 0 Å². The van der Waals surface area contributed by atoms with E-state index in [9.17, 15) is 9.59 Å². The van der Waals surface area contributed by atoms with Crippen molar-refractivity contribution in [1.29, 1.82) is 0 Å². The molecule has 19 heavy (non-hydrogen) atoms. The second-order valence-corrected chi connectivity index (χ2v) is 4.96. The van der Waals surface area contributed by atoms with E-state index in [1.165, 1.54) is 0 Å². The van der Waals surface area contributed by atoms with Crippen LogP contribution in [0.3, 0.4) is 0 Å². The van der Waals surface area contributed by atoms with Crippen LogP contribution in [0.5, 0.6) is 0 Å². The second kappa shape index (κ2) is 8.12. The fraction of sp³-hybridized carbons (Fsp3) is 0.846. The number of carboxylic acid groups (broad SMARTS) is 1. The lowest BCUT2D eigenvalue weighted by Gasteiger charge is -2.26. The Morgan fingerprint density at radius 2 is 2.21 bits per heavy atom. The maximum atomic E-state index is 11.7. The van der Waals surface area contributed by atoms with Crippen LogP contribution in [0.15, 0.2) is 0 Å². The molecule has 0 bridgehead atoms. The monoisotopic (exact) mass is 273 g/mol. The fourth-order valence-electron chi connectivity index (χ4n) is 2.13. The standard InChI is InChI=1S/C13H23NO5/c1-2-3-4-6-18-9-11(15)14-13(8-12(16)17)5-7-19-10-13/h2-10H2,1H3,(H,14,15)(H,16,17). The van der Waals surface area contributed by atoms with Gasteiger partial charge in [0, 0.05) is 13.2 Å². The molecule has 1 fully saturated rings. The van der Waals surface area contributed by atoms with Crippen LogP contribution in [0.25, 0.3) is 0 Å². The molecular formula is C13H23NO5. The van der Waals surface area contributed by atoms with Gasteiger partial charge in [-0.05, 0) is 12.8 Å². The predicted molar refractivity (Wildman–Crippen MR) is 68.9 cm³/mol. The zero-order valence-corrected chi connectivity index (χ0v) is 11.4. The molecule has 0 spiro atoms. The van der Waals surface area contributed by atoms with Gasteiger partial charge in [-0.2, -0.15) is 0 Å². The summed E-state index contributed by atoms with van der Waals surface area (Å²) < 4.78 is 10.5. The number of carbonyl (C=O) groups excluding carboxylic acids is 1. The molecule has 6 nitrogen and oxygen atoms in total. The van der Waals surface area contributed by atoms with Crippen molar-refractivity contribution in [3.05, 3.63) is 0 Å². The maximum absolute atomic E-state index is 11.7. The number of ether oxygens (including phenoxy) is 2. The highest BCUT2D eigenvalue weighted by molar-refractivity contribution is 5.79. The average Bonchev–Trinajstić information content (AvgIpc) is 2.76. The number of carboxylic acids is 1. The zero-order chi connectivity index (χ0) is 14.1. The number of hydrogen-bond acceptors (Lipinski definition) is 4. The Bertz CT molecular complexity index is 299. The van der Waals surface area contributed by atoms with E-state index in [1.54, 1.807) is 0 Å². The van der Waals surface area contributed by atoms with E-state index in [2.05, 4.69) is 12.2 Å². The highest BCUT2D eigenvalue weighted by Gasteiger charge is 2.38. The van der Waals surface area contributed by atoms with Gasteiger partial charge in [-0.1, -0.05) is 19.8 Å². The molecule has 1 aliphatic heterocycles. The topological polar surface area (TPSA) is 84.9 Å². The molecule has 110 valence electrons. The van der Waals surface area contributed by atoms with Gasteiger partial charge in [0.15, 0.2) is 0 Å². The molecule has 1 atom stereocenters. The molecule has 1 rings (SSSR count).